The van der Waals surface area contributed by atoms with Crippen LogP contribution in [-0.4, -0.2) is 26.9 Å². The lowest BCUT2D eigenvalue weighted by Crippen LogP contribution is -2.42. The van der Waals surface area contributed by atoms with Crippen molar-refractivity contribution in [1.82, 2.24) is 0 Å². The lowest BCUT2D eigenvalue weighted by atomic mass is 9.94. The Morgan fingerprint density at radius 3 is 2.61 bits per heavy atom. The molecule has 0 unspecified atom stereocenters. The third-order valence-corrected chi connectivity index (χ3v) is 4.95. The number of ether oxygens (including phenoxy) is 1. The molecule has 1 aromatic rings. The molecular formula is C12H16ClNO3S. The number of halogens is 1. The van der Waals surface area contributed by atoms with E-state index >= 15 is 0 Å². The SMILES string of the molecule is NS(=O)(=O)[C@@H]1CCOC[C@H]1Cc1ccc(Cl)cc1. The van der Waals surface area contributed by atoms with Crippen molar-refractivity contribution in [3.8, 4) is 0 Å². The van der Waals surface area contributed by atoms with Gasteiger partial charge in [-0.25, -0.2) is 13.6 Å². The van der Waals surface area contributed by atoms with Crippen molar-refractivity contribution in [3.63, 3.8) is 0 Å². The molecule has 1 aromatic carbocycles. The molecule has 18 heavy (non-hydrogen) atoms. The Morgan fingerprint density at radius 1 is 1.33 bits per heavy atom. The van der Waals surface area contributed by atoms with Crippen LogP contribution in [0.1, 0.15) is 12.0 Å². The van der Waals surface area contributed by atoms with Crippen LogP contribution in [0.3, 0.4) is 0 Å². The van der Waals surface area contributed by atoms with Crippen molar-refractivity contribution in [3.05, 3.63) is 34.9 Å². The van der Waals surface area contributed by atoms with Gasteiger partial charge in [0, 0.05) is 17.5 Å². The van der Waals surface area contributed by atoms with Crippen molar-refractivity contribution >= 4 is 21.6 Å². The van der Waals surface area contributed by atoms with Gasteiger partial charge in [-0.05, 0) is 30.5 Å². The molecule has 1 saturated heterocycles. The lowest BCUT2D eigenvalue weighted by Gasteiger charge is -2.29. The fourth-order valence-electron chi connectivity index (χ4n) is 2.32. The molecule has 2 N–H and O–H groups in total. The van der Waals surface area contributed by atoms with Crippen molar-refractivity contribution in [2.45, 2.75) is 18.1 Å². The first-order valence-electron chi connectivity index (χ1n) is 5.80. The number of hydrogen-bond donors (Lipinski definition) is 1. The molecule has 100 valence electrons. The van der Waals surface area contributed by atoms with Gasteiger partial charge in [0.05, 0.1) is 11.9 Å². The van der Waals surface area contributed by atoms with Gasteiger partial charge in [-0.2, -0.15) is 0 Å². The number of primary sulfonamides is 1. The van der Waals surface area contributed by atoms with E-state index in [4.69, 9.17) is 21.5 Å². The second-order valence-electron chi connectivity index (χ2n) is 4.58. The molecule has 0 radical (unpaired) electrons. The molecule has 4 nitrogen and oxygen atoms in total. The second kappa shape index (κ2) is 5.57. The van der Waals surface area contributed by atoms with Gasteiger partial charge >= 0.3 is 0 Å². The zero-order valence-corrected chi connectivity index (χ0v) is 11.5. The van der Waals surface area contributed by atoms with Crippen LogP contribution in [0, 0.1) is 5.92 Å². The van der Waals surface area contributed by atoms with Crippen molar-refractivity contribution < 1.29 is 13.2 Å². The minimum absolute atomic E-state index is 0.0880. The Morgan fingerprint density at radius 2 is 2.00 bits per heavy atom. The normalized spacial score (nSPS) is 25.0. The summed E-state index contributed by atoms with van der Waals surface area (Å²) < 4.78 is 28.4. The molecular weight excluding hydrogens is 274 g/mol. The van der Waals surface area contributed by atoms with E-state index in [1.165, 1.54) is 0 Å². The fraction of sp³-hybridized carbons (Fsp3) is 0.500. The molecule has 1 fully saturated rings. The molecule has 0 aliphatic carbocycles. The van der Waals surface area contributed by atoms with Gasteiger partial charge in [-0.3, -0.25) is 0 Å². The van der Waals surface area contributed by atoms with E-state index in [0.29, 0.717) is 31.1 Å². The summed E-state index contributed by atoms with van der Waals surface area (Å²) in [5.74, 6) is -0.0880. The second-order valence-corrected chi connectivity index (χ2v) is 6.80. The van der Waals surface area contributed by atoms with E-state index in [9.17, 15) is 8.42 Å². The Balaban J connectivity index is 2.13. The minimum Gasteiger partial charge on any atom is -0.381 e. The average Bonchev–Trinajstić information content (AvgIpc) is 2.31. The average molecular weight is 290 g/mol. The van der Waals surface area contributed by atoms with Gasteiger partial charge in [0.15, 0.2) is 0 Å². The first-order valence-corrected chi connectivity index (χ1v) is 7.79. The standard InChI is InChI=1S/C12H16ClNO3S/c13-11-3-1-9(2-4-11)7-10-8-17-6-5-12(10)18(14,15)16/h1-4,10,12H,5-8H2,(H2,14,15,16)/t10-,12-/m1/s1. The first kappa shape index (κ1) is 13.8. The van der Waals surface area contributed by atoms with E-state index < -0.39 is 15.3 Å². The highest BCUT2D eigenvalue weighted by Crippen LogP contribution is 2.24. The summed E-state index contributed by atoms with van der Waals surface area (Å²) in [7, 11) is -3.51. The van der Waals surface area contributed by atoms with Crippen LogP contribution >= 0.6 is 11.6 Å². The summed E-state index contributed by atoms with van der Waals surface area (Å²) in [6.07, 6.45) is 1.11. The molecule has 0 aromatic heterocycles. The number of benzene rings is 1. The molecule has 0 amide bonds. The fourth-order valence-corrected chi connectivity index (χ4v) is 3.59. The van der Waals surface area contributed by atoms with Crippen LogP contribution in [0.2, 0.25) is 5.02 Å². The summed E-state index contributed by atoms with van der Waals surface area (Å²) in [6, 6.07) is 7.40. The third kappa shape index (κ3) is 3.45. The summed E-state index contributed by atoms with van der Waals surface area (Å²) >= 11 is 5.82. The van der Waals surface area contributed by atoms with E-state index in [2.05, 4.69) is 0 Å². The number of nitrogens with two attached hydrogens (primary N) is 1. The summed E-state index contributed by atoms with van der Waals surface area (Å²) in [4.78, 5) is 0. The van der Waals surface area contributed by atoms with Gasteiger partial charge < -0.3 is 4.74 Å². The molecule has 0 bridgehead atoms. The Kier molecular flexibility index (Phi) is 4.27. The smallest absolute Gasteiger partial charge is 0.212 e. The highest BCUT2D eigenvalue weighted by molar-refractivity contribution is 7.89. The van der Waals surface area contributed by atoms with Crippen LogP contribution < -0.4 is 5.14 Å². The largest absolute Gasteiger partial charge is 0.381 e. The Hall–Kier alpha value is -0.620. The monoisotopic (exact) mass is 289 g/mol. The molecule has 1 aliphatic rings. The van der Waals surface area contributed by atoms with Gasteiger partial charge in [0.1, 0.15) is 0 Å². The van der Waals surface area contributed by atoms with Crippen LogP contribution in [0.4, 0.5) is 0 Å². The molecule has 0 spiro atoms. The summed E-state index contributed by atoms with van der Waals surface area (Å²) in [5, 5.41) is 5.43. The molecule has 0 saturated carbocycles. The maximum absolute atomic E-state index is 11.5. The number of sulfonamides is 1. The van der Waals surface area contributed by atoms with Crippen LogP contribution in [0.5, 0.6) is 0 Å². The highest BCUT2D eigenvalue weighted by Gasteiger charge is 2.33. The zero-order chi connectivity index (χ0) is 13.2. The molecule has 6 heteroatoms. The maximum Gasteiger partial charge on any atom is 0.212 e. The van der Waals surface area contributed by atoms with Crippen molar-refractivity contribution in [2.24, 2.45) is 11.1 Å². The molecule has 1 aliphatic heterocycles. The minimum atomic E-state index is -3.51. The molecule has 1 heterocycles. The molecule has 2 rings (SSSR count). The number of rotatable bonds is 3. The quantitative estimate of drug-likeness (QED) is 0.918. The topological polar surface area (TPSA) is 69.4 Å². The van der Waals surface area contributed by atoms with E-state index in [1.807, 2.05) is 12.1 Å². The summed E-state index contributed by atoms with van der Waals surface area (Å²) in [6.45, 7) is 0.891. The molecule has 2 atom stereocenters. The van der Waals surface area contributed by atoms with Crippen LogP contribution in [0.15, 0.2) is 24.3 Å². The lowest BCUT2D eigenvalue weighted by molar-refractivity contribution is 0.0572. The Bertz CT molecular complexity index is 501. The first-order chi connectivity index (χ1) is 8.47. The van der Waals surface area contributed by atoms with E-state index in [1.54, 1.807) is 12.1 Å². The van der Waals surface area contributed by atoms with Crippen molar-refractivity contribution in [2.75, 3.05) is 13.2 Å². The van der Waals surface area contributed by atoms with Gasteiger partial charge in [0.2, 0.25) is 10.0 Å². The van der Waals surface area contributed by atoms with Gasteiger partial charge in [-0.15, -0.1) is 0 Å². The highest BCUT2D eigenvalue weighted by atomic mass is 35.5. The predicted octanol–water partition coefficient (Wildman–Crippen LogP) is 1.58. The number of hydrogen-bond acceptors (Lipinski definition) is 3. The third-order valence-electron chi connectivity index (χ3n) is 3.24. The van der Waals surface area contributed by atoms with Gasteiger partial charge in [0.25, 0.3) is 0 Å². The van der Waals surface area contributed by atoms with E-state index in [0.717, 1.165) is 5.56 Å². The zero-order valence-electron chi connectivity index (χ0n) is 9.88. The van der Waals surface area contributed by atoms with Crippen LogP contribution in [0.25, 0.3) is 0 Å². The Labute approximate surface area is 112 Å². The predicted molar refractivity (Wildman–Crippen MR) is 71.0 cm³/mol. The van der Waals surface area contributed by atoms with Gasteiger partial charge in [-0.1, -0.05) is 23.7 Å². The van der Waals surface area contributed by atoms with Crippen LogP contribution in [-0.2, 0) is 21.2 Å². The maximum atomic E-state index is 11.5. The van der Waals surface area contributed by atoms with E-state index in [-0.39, 0.29) is 5.92 Å². The summed E-state index contributed by atoms with van der Waals surface area (Å²) in [5.41, 5.74) is 1.04. The van der Waals surface area contributed by atoms with Crippen molar-refractivity contribution in [1.29, 1.82) is 0 Å².